The molecule has 1 N–H and O–H groups in total. The Labute approximate surface area is 120 Å². The highest BCUT2D eigenvalue weighted by Gasteiger charge is 2.22. The Kier molecular flexibility index (Phi) is 4.96. The van der Waals surface area contributed by atoms with Gasteiger partial charge in [0.05, 0.1) is 6.04 Å². The quantitative estimate of drug-likeness (QED) is 0.810. The second kappa shape index (κ2) is 6.72. The van der Waals surface area contributed by atoms with Crippen LogP contribution in [-0.2, 0) is 0 Å². The van der Waals surface area contributed by atoms with Crippen LogP contribution in [0.25, 0.3) is 0 Å². The van der Waals surface area contributed by atoms with Crippen LogP contribution in [0.15, 0.2) is 36.4 Å². The maximum Gasteiger partial charge on any atom is 0.134 e. The Morgan fingerprint density at radius 1 is 0.905 bits per heavy atom. The summed E-state index contributed by atoms with van der Waals surface area (Å²) in [5.74, 6) is -3.34. The zero-order valence-corrected chi connectivity index (χ0v) is 11.5. The molecule has 0 amide bonds. The number of nitrogens with one attached hydrogen (secondary N) is 1. The van der Waals surface area contributed by atoms with E-state index < -0.39 is 29.3 Å². The van der Waals surface area contributed by atoms with Crippen LogP contribution < -0.4 is 5.32 Å². The van der Waals surface area contributed by atoms with Gasteiger partial charge in [0.15, 0.2) is 0 Å². The van der Waals surface area contributed by atoms with Crippen molar-refractivity contribution in [1.82, 2.24) is 5.32 Å². The second-order valence-corrected chi connectivity index (χ2v) is 4.72. The van der Waals surface area contributed by atoms with Gasteiger partial charge in [0.2, 0.25) is 0 Å². The third-order valence-corrected chi connectivity index (χ3v) is 3.13. The molecule has 112 valence electrons. The first-order valence-corrected chi connectivity index (χ1v) is 6.66. The van der Waals surface area contributed by atoms with E-state index in [0.717, 1.165) is 6.42 Å². The van der Waals surface area contributed by atoms with Crippen LogP contribution in [0.4, 0.5) is 17.6 Å². The minimum Gasteiger partial charge on any atom is -0.306 e. The summed E-state index contributed by atoms with van der Waals surface area (Å²) < 4.78 is 53.9. The molecule has 2 rings (SSSR count). The van der Waals surface area contributed by atoms with Crippen LogP contribution in [0.2, 0.25) is 0 Å². The lowest BCUT2D eigenvalue weighted by molar-refractivity contribution is 0.486. The second-order valence-electron chi connectivity index (χ2n) is 4.72. The van der Waals surface area contributed by atoms with Crippen molar-refractivity contribution in [2.24, 2.45) is 0 Å². The molecule has 0 saturated heterocycles. The van der Waals surface area contributed by atoms with E-state index >= 15 is 0 Å². The third kappa shape index (κ3) is 3.61. The maximum absolute atomic E-state index is 14.0. The van der Waals surface area contributed by atoms with E-state index in [4.69, 9.17) is 0 Å². The molecular formula is C16H15F4N. The summed E-state index contributed by atoms with van der Waals surface area (Å²) in [5.41, 5.74) is 0.241. The Bertz CT molecular complexity index is 587. The third-order valence-electron chi connectivity index (χ3n) is 3.13. The van der Waals surface area contributed by atoms with Crippen LogP contribution >= 0.6 is 0 Å². The van der Waals surface area contributed by atoms with E-state index in [1.54, 1.807) is 0 Å². The van der Waals surface area contributed by atoms with Crippen LogP contribution in [0.3, 0.4) is 0 Å². The Balaban J connectivity index is 2.47. The maximum atomic E-state index is 14.0. The summed E-state index contributed by atoms with van der Waals surface area (Å²) in [5, 5.41) is 3.00. The molecule has 0 aromatic heterocycles. The predicted octanol–water partition coefficient (Wildman–Crippen LogP) is 4.33. The number of benzene rings is 2. The smallest absolute Gasteiger partial charge is 0.134 e. The van der Waals surface area contributed by atoms with Gasteiger partial charge in [0.25, 0.3) is 0 Å². The highest BCUT2D eigenvalue weighted by molar-refractivity contribution is 5.34. The van der Waals surface area contributed by atoms with Crippen molar-refractivity contribution < 1.29 is 17.6 Å². The van der Waals surface area contributed by atoms with E-state index in [1.807, 2.05) is 6.92 Å². The van der Waals surface area contributed by atoms with Gasteiger partial charge >= 0.3 is 0 Å². The summed E-state index contributed by atoms with van der Waals surface area (Å²) in [6.07, 6.45) is 0.752. The standard InChI is InChI=1S/C16H15F4N/c1-2-7-21-16(10-3-5-11(17)6-4-10)15-13(19)8-12(18)9-14(15)20/h3-6,8-9,16,21H,2,7H2,1H3. The molecule has 0 aliphatic rings. The van der Waals surface area contributed by atoms with Gasteiger partial charge in [-0.15, -0.1) is 0 Å². The molecule has 0 aliphatic carbocycles. The first-order chi connectivity index (χ1) is 10.0. The minimum absolute atomic E-state index is 0.267. The lowest BCUT2D eigenvalue weighted by Gasteiger charge is -2.21. The monoisotopic (exact) mass is 297 g/mol. The van der Waals surface area contributed by atoms with Crippen LogP contribution in [0, 0.1) is 23.3 Å². The summed E-state index contributed by atoms with van der Waals surface area (Å²) in [7, 11) is 0. The van der Waals surface area contributed by atoms with Crippen molar-refractivity contribution in [2.45, 2.75) is 19.4 Å². The fraction of sp³-hybridized carbons (Fsp3) is 0.250. The first kappa shape index (κ1) is 15.5. The normalized spacial score (nSPS) is 12.4. The van der Waals surface area contributed by atoms with Gasteiger partial charge in [-0.1, -0.05) is 19.1 Å². The van der Waals surface area contributed by atoms with Gasteiger partial charge in [-0.25, -0.2) is 17.6 Å². The molecule has 0 heterocycles. The Hall–Kier alpha value is -1.88. The molecule has 0 saturated carbocycles. The van der Waals surface area contributed by atoms with E-state index in [2.05, 4.69) is 5.32 Å². The summed E-state index contributed by atoms with van der Waals surface area (Å²) in [4.78, 5) is 0. The van der Waals surface area contributed by atoms with Crippen molar-refractivity contribution >= 4 is 0 Å². The minimum atomic E-state index is -0.970. The average Bonchev–Trinajstić information content (AvgIpc) is 2.42. The summed E-state index contributed by atoms with van der Waals surface area (Å²) >= 11 is 0. The molecule has 21 heavy (non-hydrogen) atoms. The molecule has 1 unspecified atom stereocenters. The molecule has 0 radical (unpaired) electrons. The lowest BCUT2D eigenvalue weighted by Crippen LogP contribution is -2.25. The van der Waals surface area contributed by atoms with Gasteiger partial charge in [-0.05, 0) is 30.7 Å². The first-order valence-electron chi connectivity index (χ1n) is 6.66. The number of hydrogen-bond acceptors (Lipinski definition) is 1. The zero-order chi connectivity index (χ0) is 15.4. The van der Waals surface area contributed by atoms with E-state index in [0.29, 0.717) is 24.2 Å². The molecule has 1 nitrogen and oxygen atoms in total. The lowest BCUT2D eigenvalue weighted by atomic mass is 9.97. The molecule has 2 aromatic rings. The van der Waals surface area contributed by atoms with Crippen LogP contribution in [0.5, 0.6) is 0 Å². The fourth-order valence-corrected chi connectivity index (χ4v) is 2.16. The molecule has 0 bridgehead atoms. The van der Waals surface area contributed by atoms with Gasteiger partial charge < -0.3 is 5.32 Å². The van der Waals surface area contributed by atoms with Crippen LogP contribution in [-0.4, -0.2) is 6.54 Å². The summed E-state index contributed by atoms with van der Waals surface area (Å²) in [6.45, 7) is 2.42. The van der Waals surface area contributed by atoms with E-state index in [1.165, 1.54) is 24.3 Å². The van der Waals surface area contributed by atoms with Crippen molar-refractivity contribution in [1.29, 1.82) is 0 Å². The summed E-state index contributed by atoms with van der Waals surface area (Å²) in [6, 6.07) is 5.82. The van der Waals surface area contributed by atoms with E-state index in [9.17, 15) is 17.6 Å². The van der Waals surface area contributed by atoms with Gasteiger partial charge in [0.1, 0.15) is 23.3 Å². The zero-order valence-electron chi connectivity index (χ0n) is 11.5. The largest absolute Gasteiger partial charge is 0.306 e. The Morgan fingerprint density at radius 3 is 2.00 bits per heavy atom. The van der Waals surface area contributed by atoms with Crippen molar-refractivity contribution in [2.75, 3.05) is 6.54 Å². The predicted molar refractivity (Wildman–Crippen MR) is 72.9 cm³/mol. The number of halogens is 4. The van der Waals surface area contributed by atoms with Crippen molar-refractivity contribution in [3.8, 4) is 0 Å². The molecule has 1 atom stereocenters. The topological polar surface area (TPSA) is 12.0 Å². The molecule has 0 spiro atoms. The molecule has 0 aliphatic heterocycles. The average molecular weight is 297 g/mol. The SMILES string of the molecule is CCCNC(c1ccc(F)cc1)c1c(F)cc(F)cc1F. The number of rotatable bonds is 5. The Morgan fingerprint density at radius 2 is 1.48 bits per heavy atom. The molecule has 0 fully saturated rings. The van der Waals surface area contributed by atoms with Gasteiger partial charge in [0, 0.05) is 17.7 Å². The highest BCUT2D eigenvalue weighted by atomic mass is 19.1. The highest BCUT2D eigenvalue weighted by Crippen LogP contribution is 2.28. The van der Waals surface area contributed by atoms with Gasteiger partial charge in [-0.3, -0.25) is 0 Å². The molecule has 5 heteroatoms. The van der Waals surface area contributed by atoms with E-state index in [-0.39, 0.29) is 5.56 Å². The van der Waals surface area contributed by atoms with Crippen molar-refractivity contribution in [3.63, 3.8) is 0 Å². The fourth-order valence-electron chi connectivity index (χ4n) is 2.16. The van der Waals surface area contributed by atoms with Gasteiger partial charge in [-0.2, -0.15) is 0 Å². The number of hydrogen-bond donors (Lipinski definition) is 1. The van der Waals surface area contributed by atoms with Crippen molar-refractivity contribution in [3.05, 3.63) is 70.8 Å². The molecular weight excluding hydrogens is 282 g/mol. The molecule has 2 aromatic carbocycles. The van der Waals surface area contributed by atoms with Crippen LogP contribution in [0.1, 0.15) is 30.5 Å².